The Balaban J connectivity index is 2.12. The molecule has 1 aromatic rings. The molecule has 1 atom stereocenters. The van der Waals surface area contributed by atoms with Crippen LogP contribution in [0.5, 0.6) is 0 Å². The largest absolute Gasteiger partial charge is 0.308 e. The Bertz CT molecular complexity index is 294. The molecule has 2 nitrogen and oxygen atoms in total. The molecule has 0 aliphatic heterocycles. The summed E-state index contributed by atoms with van der Waals surface area (Å²) in [5, 5.41) is 4.74. The van der Waals surface area contributed by atoms with Crippen LogP contribution in [0, 0.1) is 12.8 Å². The molecule has 0 aliphatic carbocycles. The van der Waals surface area contributed by atoms with E-state index in [1.807, 2.05) is 6.20 Å². The third kappa shape index (κ3) is 5.61. The van der Waals surface area contributed by atoms with Gasteiger partial charge >= 0.3 is 0 Å². The van der Waals surface area contributed by atoms with E-state index in [0.29, 0.717) is 6.04 Å². The van der Waals surface area contributed by atoms with Crippen molar-refractivity contribution in [3.63, 3.8) is 0 Å². The Morgan fingerprint density at radius 2 is 2.06 bits per heavy atom. The average Bonchev–Trinajstić information content (AvgIpc) is 2.61. The van der Waals surface area contributed by atoms with E-state index >= 15 is 0 Å². The summed E-state index contributed by atoms with van der Waals surface area (Å²) in [5.41, 5.74) is 0. The number of thiazole rings is 1. The van der Waals surface area contributed by atoms with Crippen LogP contribution in [0.15, 0.2) is 6.20 Å². The van der Waals surface area contributed by atoms with Crippen LogP contribution in [0.1, 0.15) is 49.9 Å². The first-order valence-electron chi connectivity index (χ1n) is 6.22. The molecule has 0 spiro atoms. The predicted octanol–water partition coefficient (Wildman–Crippen LogP) is 3.76. The van der Waals surface area contributed by atoms with Crippen LogP contribution in [0.2, 0.25) is 0 Å². The average molecular weight is 240 g/mol. The molecule has 0 aromatic carbocycles. The molecule has 0 radical (unpaired) electrons. The SMILES string of the molecule is Cc1cnc(CNC(C)CCCC(C)C)s1. The maximum absolute atomic E-state index is 4.35. The first-order chi connectivity index (χ1) is 7.58. The van der Waals surface area contributed by atoms with Crippen molar-refractivity contribution in [2.75, 3.05) is 0 Å². The van der Waals surface area contributed by atoms with Crippen molar-refractivity contribution in [1.29, 1.82) is 0 Å². The summed E-state index contributed by atoms with van der Waals surface area (Å²) in [6, 6.07) is 0.600. The van der Waals surface area contributed by atoms with Crippen LogP contribution >= 0.6 is 11.3 Å². The maximum atomic E-state index is 4.35. The van der Waals surface area contributed by atoms with Crippen LogP contribution in [-0.2, 0) is 6.54 Å². The lowest BCUT2D eigenvalue weighted by molar-refractivity contribution is 0.457. The molecule has 0 fully saturated rings. The smallest absolute Gasteiger partial charge is 0.107 e. The quantitative estimate of drug-likeness (QED) is 0.785. The van der Waals surface area contributed by atoms with Crippen molar-refractivity contribution in [2.45, 2.75) is 59.5 Å². The van der Waals surface area contributed by atoms with E-state index in [4.69, 9.17) is 0 Å². The molecule has 0 saturated heterocycles. The summed E-state index contributed by atoms with van der Waals surface area (Å²) in [6.07, 6.45) is 5.87. The highest BCUT2D eigenvalue weighted by molar-refractivity contribution is 7.11. The normalized spacial score (nSPS) is 13.3. The fourth-order valence-electron chi connectivity index (χ4n) is 1.68. The number of aromatic nitrogens is 1. The Hall–Kier alpha value is -0.410. The van der Waals surface area contributed by atoms with Gasteiger partial charge in [0.15, 0.2) is 0 Å². The Kier molecular flexibility index (Phi) is 5.99. The maximum Gasteiger partial charge on any atom is 0.107 e. The minimum absolute atomic E-state index is 0.600. The minimum atomic E-state index is 0.600. The first-order valence-corrected chi connectivity index (χ1v) is 7.04. The van der Waals surface area contributed by atoms with E-state index in [-0.39, 0.29) is 0 Å². The lowest BCUT2D eigenvalue weighted by atomic mass is 10.0. The van der Waals surface area contributed by atoms with Gasteiger partial charge in [0.1, 0.15) is 5.01 Å². The zero-order chi connectivity index (χ0) is 12.0. The highest BCUT2D eigenvalue weighted by atomic mass is 32.1. The van der Waals surface area contributed by atoms with E-state index in [1.165, 1.54) is 29.1 Å². The highest BCUT2D eigenvalue weighted by Gasteiger charge is 2.04. The Morgan fingerprint density at radius 3 is 2.62 bits per heavy atom. The summed E-state index contributed by atoms with van der Waals surface area (Å²) >= 11 is 1.78. The molecule has 1 unspecified atom stereocenters. The molecule has 1 aromatic heterocycles. The van der Waals surface area contributed by atoms with Crippen molar-refractivity contribution < 1.29 is 0 Å². The van der Waals surface area contributed by atoms with E-state index in [1.54, 1.807) is 11.3 Å². The van der Waals surface area contributed by atoms with Gasteiger partial charge in [-0.2, -0.15) is 0 Å². The van der Waals surface area contributed by atoms with E-state index in [2.05, 4.69) is 38.0 Å². The first kappa shape index (κ1) is 13.7. The molecule has 0 aliphatic rings. The van der Waals surface area contributed by atoms with Gasteiger partial charge in [-0.3, -0.25) is 0 Å². The molecule has 16 heavy (non-hydrogen) atoms. The van der Waals surface area contributed by atoms with Crippen LogP contribution in [0.25, 0.3) is 0 Å². The second kappa shape index (κ2) is 7.02. The third-order valence-corrected chi connectivity index (χ3v) is 3.60. The van der Waals surface area contributed by atoms with Crippen LogP contribution < -0.4 is 5.32 Å². The summed E-state index contributed by atoms with van der Waals surface area (Å²) in [4.78, 5) is 5.65. The fourth-order valence-corrected chi connectivity index (χ4v) is 2.42. The van der Waals surface area contributed by atoms with Crippen molar-refractivity contribution in [1.82, 2.24) is 10.3 Å². The predicted molar refractivity (Wildman–Crippen MR) is 71.8 cm³/mol. The highest BCUT2D eigenvalue weighted by Crippen LogP contribution is 2.12. The van der Waals surface area contributed by atoms with Gasteiger partial charge in [-0.15, -0.1) is 11.3 Å². The monoisotopic (exact) mass is 240 g/mol. The van der Waals surface area contributed by atoms with Crippen molar-refractivity contribution in [3.8, 4) is 0 Å². The molecule has 3 heteroatoms. The van der Waals surface area contributed by atoms with Crippen LogP contribution in [0.4, 0.5) is 0 Å². The summed E-state index contributed by atoms with van der Waals surface area (Å²) in [6.45, 7) is 9.86. The minimum Gasteiger partial charge on any atom is -0.308 e. The molecular weight excluding hydrogens is 216 g/mol. The zero-order valence-corrected chi connectivity index (χ0v) is 11.7. The van der Waals surface area contributed by atoms with Gasteiger partial charge in [-0.05, 0) is 26.2 Å². The molecule has 1 heterocycles. The Morgan fingerprint density at radius 1 is 1.31 bits per heavy atom. The van der Waals surface area contributed by atoms with Gasteiger partial charge in [0.2, 0.25) is 0 Å². The lowest BCUT2D eigenvalue weighted by Crippen LogP contribution is -2.25. The van der Waals surface area contributed by atoms with Crippen LogP contribution in [-0.4, -0.2) is 11.0 Å². The number of hydrogen-bond donors (Lipinski definition) is 1. The second-order valence-corrected chi connectivity index (χ2v) is 6.29. The van der Waals surface area contributed by atoms with E-state index in [9.17, 15) is 0 Å². The molecule has 0 bridgehead atoms. The van der Waals surface area contributed by atoms with Crippen molar-refractivity contribution >= 4 is 11.3 Å². The molecule has 0 amide bonds. The molecular formula is C13H24N2S. The van der Waals surface area contributed by atoms with E-state index in [0.717, 1.165) is 12.5 Å². The number of hydrogen-bond acceptors (Lipinski definition) is 3. The third-order valence-electron chi connectivity index (χ3n) is 2.69. The van der Waals surface area contributed by atoms with E-state index < -0.39 is 0 Å². The fraction of sp³-hybridized carbons (Fsp3) is 0.769. The molecule has 1 rings (SSSR count). The summed E-state index contributed by atoms with van der Waals surface area (Å²) in [7, 11) is 0. The van der Waals surface area contributed by atoms with Crippen LogP contribution in [0.3, 0.4) is 0 Å². The van der Waals surface area contributed by atoms with Gasteiger partial charge in [0.25, 0.3) is 0 Å². The number of aryl methyl sites for hydroxylation is 1. The topological polar surface area (TPSA) is 24.9 Å². The summed E-state index contributed by atoms with van der Waals surface area (Å²) < 4.78 is 0. The second-order valence-electron chi connectivity index (χ2n) is 4.97. The van der Waals surface area contributed by atoms with Gasteiger partial charge < -0.3 is 5.32 Å². The molecule has 0 saturated carbocycles. The lowest BCUT2D eigenvalue weighted by Gasteiger charge is -2.13. The van der Waals surface area contributed by atoms with Gasteiger partial charge in [0.05, 0.1) is 0 Å². The molecule has 92 valence electrons. The number of nitrogens with zero attached hydrogens (tertiary/aromatic N) is 1. The number of rotatable bonds is 7. The Labute approximate surface area is 103 Å². The van der Waals surface area contributed by atoms with Crippen molar-refractivity contribution in [2.24, 2.45) is 5.92 Å². The van der Waals surface area contributed by atoms with Gasteiger partial charge in [-0.1, -0.05) is 26.7 Å². The van der Waals surface area contributed by atoms with Gasteiger partial charge in [-0.25, -0.2) is 4.98 Å². The van der Waals surface area contributed by atoms with Gasteiger partial charge in [0, 0.05) is 23.7 Å². The zero-order valence-electron chi connectivity index (χ0n) is 10.9. The summed E-state index contributed by atoms with van der Waals surface area (Å²) in [5.74, 6) is 0.828. The molecule has 1 N–H and O–H groups in total. The number of nitrogens with one attached hydrogen (secondary N) is 1. The van der Waals surface area contributed by atoms with Crippen molar-refractivity contribution in [3.05, 3.63) is 16.1 Å². The standard InChI is InChI=1S/C13H24N2S/c1-10(2)6-5-7-11(3)14-9-13-15-8-12(4)16-13/h8,10-11,14H,5-7,9H2,1-4H3.